The van der Waals surface area contributed by atoms with Crippen molar-refractivity contribution in [1.82, 2.24) is 4.90 Å². The fraction of sp³-hybridized carbons (Fsp3) is 0.826. The van der Waals surface area contributed by atoms with Gasteiger partial charge in [0.15, 0.2) is 0 Å². The lowest BCUT2D eigenvalue weighted by Gasteiger charge is -2.28. The van der Waals surface area contributed by atoms with Crippen LogP contribution in [0.5, 0.6) is 0 Å². The van der Waals surface area contributed by atoms with Crippen LogP contribution in [-0.2, 0) is 14.3 Å². The zero-order chi connectivity index (χ0) is 21.2. The van der Waals surface area contributed by atoms with Crippen molar-refractivity contribution in [3.05, 3.63) is 0 Å². The van der Waals surface area contributed by atoms with E-state index in [0.29, 0.717) is 13.0 Å². The molecule has 1 amide bonds. The molecule has 0 saturated heterocycles. The minimum absolute atomic E-state index is 0.0645. The fourth-order valence-electron chi connectivity index (χ4n) is 3.14. The van der Waals surface area contributed by atoms with E-state index in [1.807, 2.05) is 13.8 Å². The number of terminal acetylenes is 1. The molecule has 5 heteroatoms. The highest BCUT2D eigenvalue weighted by Gasteiger charge is 2.32. The normalized spacial score (nSPS) is 11.7. The van der Waals surface area contributed by atoms with Crippen LogP contribution in [0, 0.1) is 18.3 Å². The molecule has 1 unspecified atom stereocenters. The Morgan fingerprint density at radius 3 is 1.93 bits per heavy atom. The molecule has 0 aliphatic carbocycles. The highest BCUT2D eigenvalue weighted by molar-refractivity contribution is 5.81. The number of rotatable bonds is 16. The molecule has 0 radical (unpaired) electrons. The summed E-state index contributed by atoms with van der Waals surface area (Å²) in [6, 6.07) is -0.651. The predicted octanol–water partition coefficient (Wildman–Crippen LogP) is 5.57. The molecule has 0 rings (SSSR count). The van der Waals surface area contributed by atoms with Gasteiger partial charge < -0.3 is 9.47 Å². The average molecular weight is 396 g/mol. The molecule has 0 bridgehead atoms. The first-order chi connectivity index (χ1) is 13.5. The van der Waals surface area contributed by atoms with Crippen molar-refractivity contribution in [1.29, 1.82) is 0 Å². The van der Waals surface area contributed by atoms with Gasteiger partial charge in [0.25, 0.3) is 0 Å². The van der Waals surface area contributed by atoms with Crippen LogP contribution in [0.3, 0.4) is 0 Å². The Morgan fingerprint density at radius 2 is 1.43 bits per heavy atom. The zero-order valence-corrected chi connectivity index (χ0v) is 18.5. The summed E-state index contributed by atoms with van der Waals surface area (Å²) in [6.07, 6.45) is 17.3. The van der Waals surface area contributed by atoms with Gasteiger partial charge >= 0.3 is 12.1 Å². The van der Waals surface area contributed by atoms with Gasteiger partial charge in [0.05, 0.1) is 6.61 Å². The van der Waals surface area contributed by atoms with Gasteiger partial charge in [0.1, 0.15) is 12.6 Å². The Balaban J connectivity index is 3.99. The standard InChI is InChI=1S/C23H41NO4/c1-6-8-10-11-12-13-14-15-16-17-19-27-22(25)21(20(3)4)24(5)23(26)28-18-9-7-2/h2,20-21H,6,8-19H2,1,3-5H3. The van der Waals surface area contributed by atoms with E-state index in [4.69, 9.17) is 15.9 Å². The van der Waals surface area contributed by atoms with E-state index in [2.05, 4.69) is 12.8 Å². The Hall–Kier alpha value is -1.70. The maximum absolute atomic E-state index is 12.4. The third-order valence-corrected chi connectivity index (χ3v) is 4.79. The van der Waals surface area contributed by atoms with Gasteiger partial charge in [-0.1, -0.05) is 78.6 Å². The summed E-state index contributed by atoms with van der Waals surface area (Å²) >= 11 is 0. The highest BCUT2D eigenvalue weighted by Crippen LogP contribution is 2.14. The monoisotopic (exact) mass is 395 g/mol. The van der Waals surface area contributed by atoms with E-state index < -0.39 is 12.1 Å². The second kappa shape index (κ2) is 17.4. The van der Waals surface area contributed by atoms with Crippen molar-refractivity contribution >= 4 is 12.1 Å². The van der Waals surface area contributed by atoms with Gasteiger partial charge in [-0.2, -0.15) is 0 Å². The predicted molar refractivity (Wildman–Crippen MR) is 114 cm³/mol. The van der Waals surface area contributed by atoms with Crippen LogP contribution in [0.2, 0.25) is 0 Å². The molecule has 0 heterocycles. The third kappa shape index (κ3) is 12.6. The topological polar surface area (TPSA) is 55.8 Å². The molecule has 5 nitrogen and oxygen atoms in total. The smallest absolute Gasteiger partial charge is 0.410 e. The number of esters is 1. The molecule has 0 aromatic heterocycles. The first-order valence-electron chi connectivity index (χ1n) is 10.9. The molecule has 0 aromatic rings. The average Bonchev–Trinajstić information content (AvgIpc) is 2.66. The lowest BCUT2D eigenvalue weighted by atomic mass is 10.0. The maximum atomic E-state index is 12.4. The van der Waals surface area contributed by atoms with E-state index in [0.717, 1.165) is 12.8 Å². The Bertz CT molecular complexity index is 456. The number of hydrogen-bond donors (Lipinski definition) is 0. The van der Waals surface area contributed by atoms with Gasteiger partial charge in [0.2, 0.25) is 0 Å². The molecule has 28 heavy (non-hydrogen) atoms. The summed E-state index contributed by atoms with van der Waals surface area (Å²) < 4.78 is 10.5. The summed E-state index contributed by atoms with van der Waals surface area (Å²) in [5.74, 6) is 1.98. The Morgan fingerprint density at radius 1 is 0.893 bits per heavy atom. The van der Waals surface area contributed by atoms with Gasteiger partial charge in [-0.15, -0.1) is 12.3 Å². The van der Waals surface area contributed by atoms with Crippen molar-refractivity contribution < 1.29 is 19.1 Å². The summed E-state index contributed by atoms with van der Waals surface area (Å²) in [6.45, 7) is 6.56. The fourth-order valence-corrected chi connectivity index (χ4v) is 3.14. The SMILES string of the molecule is C#CCCOC(=O)N(C)C(C(=O)OCCCCCCCCCCCC)C(C)C. The minimum atomic E-state index is -0.651. The van der Waals surface area contributed by atoms with Gasteiger partial charge in [-0.25, -0.2) is 9.59 Å². The third-order valence-electron chi connectivity index (χ3n) is 4.79. The molecular formula is C23H41NO4. The van der Waals surface area contributed by atoms with Crippen LogP contribution in [0.15, 0.2) is 0 Å². The van der Waals surface area contributed by atoms with Gasteiger partial charge in [-0.05, 0) is 12.3 Å². The lowest BCUT2D eigenvalue weighted by Crippen LogP contribution is -2.46. The van der Waals surface area contributed by atoms with Crippen LogP contribution in [0.4, 0.5) is 4.79 Å². The quantitative estimate of drug-likeness (QED) is 0.195. The molecule has 162 valence electrons. The molecule has 1 atom stereocenters. The van der Waals surface area contributed by atoms with E-state index in [1.54, 1.807) is 7.05 Å². The van der Waals surface area contributed by atoms with Crippen LogP contribution in [0.1, 0.15) is 91.4 Å². The Kier molecular flexibility index (Phi) is 16.3. The number of likely N-dealkylation sites (N-methyl/N-ethyl adjacent to an activating group) is 1. The molecule has 0 saturated carbocycles. The first kappa shape index (κ1) is 26.3. The maximum Gasteiger partial charge on any atom is 0.410 e. The van der Waals surface area contributed by atoms with Gasteiger partial charge in [0, 0.05) is 13.5 Å². The van der Waals surface area contributed by atoms with Gasteiger partial charge in [-0.3, -0.25) is 4.90 Å². The van der Waals surface area contributed by atoms with Crippen molar-refractivity contribution in [2.75, 3.05) is 20.3 Å². The number of unbranched alkanes of at least 4 members (excludes halogenated alkanes) is 9. The second-order valence-corrected chi connectivity index (χ2v) is 7.72. The van der Waals surface area contributed by atoms with E-state index >= 15 is 0 Å². The highest BCUT2D eigenvalue weighted by atomic mass is 16.6. The number of ether oxygens (including phenoxy) is 2. The second-order valence-electron chi connectivity index (χ2n) is 7.72. The van der Waals surface area contributed by atoms with Crippen LogP contribution < -0.4 is 0 Å². The number of hydrogen-bond acceptors (Lipinski definition) is 4. The molecule has 0 aliphatic rings. The molecule has 0 aliphatic heterocycles. The summed E-state index contributed by atoms with van der Waals surface area (Å²) in [7, 11) is 1.56. The van der Waals surface area contributed by atoms with E-state index in [9.17, 15) is 9.59 Å². The zero-order valence-electron chi connectivity index (χ0n) is 18.5. The number of amides is 1. The number of carbonyl (C=O) groups is 2. The van der Waals surface area contributed by atoms with Crippen molar-refractivity contribution in [2.45, 2.75) is 97.4 Å². The molecule has 0 fully saturated rings. The van der Waals surface area contributed by atoms with E-state index in [-0.39, 0.29) is 18.5 Å². The number of nitrogens with zero attached hydrogens (tertiary/aromatic N) is 1. The first-order valence-corrected chi connectivity index (χ1v) is 10.9. The molecular weight excluding hydrogens is 354 g/mol. The Labute approximate surface area is 172 Å². The van der Waals surface area contributed by atoms with Crippen LogP contribution >= 0.6 is 0 Å². The lowest BCUT2D eigenvalue weighted by molar-refractivity contribution is -0.150. The molecule has 0 aromatic carbocycles. The van der Waals surface area contributed by atoms with Crippen LogP contribution in [0.25, 0.3) is 0 Å². The minimum Gasteiger partial charge on any atom is -0.464 e. The summed E-state index contributed by atoms with van der Waals surface area (Å²) in [5, 5.41) is 0. The molecule has 0 N–H and O–H groups in total. The largest absolute Gasteiger partial charge is 0.464 e. The molecule has 0 spiro atoms. The van der Waals surface area contributed by atoms with Crippen molar-refractivity contribution in [3.8, 4) is 12.3 Å². The van der Waals surface area contributed by atoms with Crippen LogP contribution in [-0.4, -0.2) is 43.3 Å². The van der Waals surface area contributed by atoms with Crippen molar-refractivity contribution in [2.24, 2.45) is 5.92 Å². The van der Waals surface area contributed by atoms with Crippen molar-refractivity contribution in [3.63, 3.8) is 0 Å². The summed E-state index contributed by atoms with van der Waals surface area (Å²) in [5.41, 5.74) is 0. The summed E-state index contributed by atoms with van der Waals surface area (Å²) in [4.78, 5) is 25.8. The number of carbonyl (C=O) groups excluding carboxylic acids is 2. The van der Waals surface area contributed by atoms with E-state index in [1.165, 1.54) is 56.3 Å².